The number of aromatic nitrogens is 5. The van der Waals surface area contributed by atoms with E-state index in [2.05, 4.69) is 36.1 Å². The molecule has 0 spiro atoms. The Morgan fingerprint density at radius 2 is 2.21 bits per heavy atom. The number of aryl methyl sites for hydroxylation is 1. The van der Waals surface area contributed by atoms with Gasteiger partial charge in [0.15, 0.2) is 5.16 Å². The molecule has 0 bridgehead atoms. The van der Waals surface area contributed by atoms with Gasteiger partial charge in [-0.3, -0.25) is 4.57 Å². The van der Waals surface area contributed by atoms with Crippen LogP contribution in [0.15, 0.2) is 25.6 Å². The van der Waals surface area contributed by atoms with E-state index in [9.17, 15) is 4.79 Å². The molecule has 19 heavy (non-hydrogen) atoms. The predicted molar refractivity (Wildman–Crippen MR) is 76.4 cm³/mol. The van der Waals surface area contributed by atoms with Gasteiger partial charge in [0.2, 0.25) is 0 Å². The van der Waals surface area contributed by atoms with Gasteiger partial charge in [-0.15, -0.1) is 5.10 Å². The van der Waals surface area contributed by atoms with Crippen molar-refractivity contribution in [1.82, 2.24) is 24.7 Å². The van der Waals surface area contributed by atoms with Gasteiger partial charge in [0.25, 0.3) is 0 Å². The molecule has 2 rings (SSSR count). The van der Waals surface area contributed by atoms with Crippen molar-refractivity contribution < 1.29 is 0 Å². The largest absolute Gasteiger partial charge is 0.343 e. The van der Waals surface area contributed by atoms with Crippen molar-refractivity contribution in [2.45, 2.75) is 43.4 Å². The van der Waals surface area contributed by atoms with Crippen LogP contribution in [0.5, 0.6) is 0 Å². The number of rotatable bonds is 5. The van der Waals surface area contributed by atoms with Crippen LogP contribution < -0.4 is 5.69 Å². The molecular formula is C11H14BrN5OS. The number of nitrogens with zero attached hydrogens (tertiary/aromatic N) is 4. The molecule has 0 saturated heterocycles. The maximum atomic E-state index is 11.6. The normalized spacial score (nSPS) is 10.9. The van der Waals surface area contributed by atoms with Gasteiger partial charge >= 0.3 is 5.69 Å². The Hall–Kier alpha value is -1.15. The van der Waals surface area contributed by atoms with Crippen molar-refractivity contribution >= 4 is 27.7 Å². The molecule has 0 saturated carbocycles. The monoisotopic (exact) mass is 343 g/mol. The number of nitrogens with one attached hydrogen (secondary N) is 1. The summed E-state index contributed by atoms with van der Waals surface area (Å²) in [4.78, 5) is 20.3. The first-order chi connectivity index (χ1) is 9.13. The van der Waals surface area contributed by atoms with E-state index in [4.69, 9.17) is 0 Å². The Labute approximate surface area is 123 Å². The van der Waals surface area contributed by atoms with Gasteiger partial charge in [-0.05, 0) is 34.1 Å². The molecule has 0 radical (unpaired) electrons. The van der Waals surface area contributed by atoms with E-state index < -0.39 is 0 Å². The van der Waals surface area contributed by atoms with E-state index in [1.807, 2.05) is 19.9 Å². The zero-order valence-electron chi connectivity index (χ0n) is 10.7. The first-order valence-corrected chi connectivity index (χ1v) is 7.61. The SMILES string of the molecule is CCCn1c(Sc2cc(Br)nc(CC)n2)n[nH]c1=O. The second-order valence-electron chi connectivity index (χ2n) is 3.86. The summed E-state index contributed by atoms with van der Waals surface area (Å²) < 4.78 is 2.36. The minimum absolute atomic E-state index is 0.187. The highest BCUT2D eigenvalue weighted by Crippen LogP contribution is 2.25. The third-order valence-corrected chi connectivity index (χ3v) is 3.72. The highest BCUT2D eigenvalue weighted by Gasteiger charge is 2.11. The van der Waals surface area contributed by atoms with Crippen LogP contribution in [0.4, 0.5) is 0 Å². The lowest BCUT2D eigenvalue weighted by Gasteiger charge is -2.04. The fourth-order valence-electron chi connectivity index (χ4n) is 1.55. The van der Waals surface area contributed by atoms with Crippen LogP contribution in [0.1, 0.15) is 26.1 Å². The molecule has 8 heteroatoms. The fourth-order valence-corrected chi connectivity index (χ4v) is 3.01. The minimum atomic E-state index is -0.187. The summed E-state index contributed by atoms with van der Waals surface area (Å²) in [7, 11) is 0. The van der Waals surface area contributed by atoms with Gasteiger partial charge in [-0.2, -0.15) is 0 Å². The number of aromatic amines is 1. The molecule has 1 N–H and O–H groups in total. The van der Waals surface area contributed by atoms with Gasteiger partial charge in [-0.25, -0.2) is 19.9 Å². The molecule has 0 atom stereocenters. The number of H-pyrrole nitrogens is 1. The van der Waals surface area contributed by atoms with E-state index in [-0.39, 0.29) is 5.69 Å². The zero-order valence-corrected chi connectivity index (χ0v) is 13.1. The molecule has 0 aliphatic rings. The molecule has 0 aromatic carbocycles. The molecule has 0 unspecified atom stereocenters. The van der Waals surface area contributed by atoms with Crippen molar-refractivity contribution in [3.05, 3.63) is 27.0 Å². The molecule has 0 aliphatic carbocycles. The van der Waals surface area contributed by atoms with Crippen LogP contribution in [0.25, 0.3) is 0 Å². The molecular weight excluding hydrogens is 330 g/mol. The standard InChI is InChI=1S/C11H14BrN5OS/c1-3-5-17-10(18)15-16-11(17)19-9-6-7(12)13-8(4-2)14-9/h6H,3-5H2,1-2H3,(H,15,18). The smallest absolute Gasteiger partial charge is 0.270 e. The van der Waals surface area contributed by atoms with Crippen molar-refractivity contribution in [3.8, 4) is 0 Å². The van der Waals surface area contributed by atoms with Crippen molar-refractivity contribution in [2.24, 2.45) is 0 Å². The molecule has 0 fully saturated rings. The Morgan fingerprint density at radius 1 is 1.42 bits per heavy atom. The summed E-state index contributed by atoms with van der Waals surface area (Å²) in [5.74, 6) is 0.761. The van der Waals surface area contributed by atoms with Crippen LogP contribution >= 0.6 is 27.7 Å². The average Bonchev–Trinajstić information content (AvgIpc) is 2.71. The third kappa shape index (κ3) is 3.44. The Bertz CT molecular complexity index is 624. The summed E-state index contributed by atoms with van der Waals surface area (Å²) in [6.45, 7) is 4.66. The van der Waals surface area contributed by atoms with Crippen LogP contribution in [-0.2, 0) is 13.0 Å². The van der Waals surface area contributed by atoms with E-state index in [0.29, 0.717) is 11.7 Å². The second-order valence-corrected chi connectivity index (χ2v) is 5.66. The summed E-state index contributed by atoms with van der Waals surface area (Å²) in [6, 6.07) is 1.82. The van der Waals surface area contributed by atoms with Crippen LogP contribution in [-0.4, -0.2) is 24.7 Å². The zero-order chi connectivity index (χ0) is 13.8. The van der Waals surface area contributed by atoms with Gasteiger partial charge in [0.05, 0.1) is 0 Å². The van der Waals surface area contributed by atoms with Gasteiger partial charge in [-0.1, -0.05) is 13.8 Å². The van der Waals surface area contributed by atoms with E-state index in [0.717, 1.165) is 28.3 Å². The Kier molecular flexibility index (Phi) is 4.76. The van der Waals surface area contributed by atoms with E-state index in [1.54, 1.807) is 4.57 Å². The highest BCUT2D eigenvalue weighted by molar-refractivity contribution is 9.10. The number of halogens is 1. The maximum absolute atomic E-state index is 11.6. The lowest BCUT2D eigenvalue weighted by molar-refractivity contribution is 0.603. The second kappa shape index (κ2) is 6.33. The summed E-state index contributed by atoms with van der Waals surface area (Å²) in [5, 5.41) is 7.89. The molecule has 2 aromatic heterocycles. The fraction of sp³-hybridized carbons (Fsp3) is 0.455. The Balaban J connectivity index is 2.30. The highest BCUT2D eigenvalue weighted by atomic mass is 79.9. The molecule has 2 heterocycles. The predicted octanol–water partition coefficient (Wildman–Crippen LogP) is 2.25. The minimum Gasteiger partial charge on any atom is -0.270 e. The maximum Gasteiger partial charge on any atom is 0.343 e. The third-order valence-electron chi connectivity index (χ3n) is 2.40. The molecule has 6 nitrogen and oxygen atoms in total. The molecule has 0 aliphatic heterocycles. The van der Waals surface area contributed by atoms with E-state index in [1.165, 1.54) is 11.8 Å². The Morgan fingerprint density at radius 3 is 2.89 bits per heavy atom. The lowest BCUT2D eigenvalue weighted by atomic mass is 10.4. The molecule has 102 valence electrons. The van der Waals surface area contributed by atoms with Gasteiger partial charge < -0.3 is 0 Å². The number of hydrogen-bond donors (Lipinski definition) is 1. The van der Waals surface area contributed by atoms with Gasteiger partial charge in [0, 0.05) is 19.0 Å². The molecule has 2 aromatic rings. The summed E-state index contributed by atoms with van der Waals surface area (Å²) >= 11 is 4.72. The lowest BCUT2D eigenvalue weighted by Crippen LogP contribution is -2.17. The average molecular weight is 344 g/mol. The van der Waals surface area contributed by atoms with Crippen LogP contribution in [0.2, 0.25) is 0 Å². The van der Waals surface area contributed by atoms with Crippen LogP contribution in [0, 0.1) is 0 Å². The molecule has 0 amide bonds. The first kappa shape index (κ1) is 14.3. The van der Waals surface area contributed by atoms with Crippen molar-refractivity contribution in [1.29, 1.82) is 0 Å². The quantitative estimate of drug-likeness (QED) is 0.842. The first-order valence-electron chi connectivity index (χ1n) is 6.00. The summed E-state index contributed by atoms with van der Waals surface area (Å²) in [5.41, 5.74) is -0.187. The topological polar surface area (TPSA) is 76.5 Å². The van der Waals surface area contributed by atoms with Crippen molar-refractivity contribution in [2.75, 3.05) is 0 Å². The van der Waals surface area contributed by atoms with Crippen molar-refractivity contribution in [3.63, 3.8) is 0 Å². The summed E-state index contributed by atoms with van der Waals surface area (Å²) in [6.07, 6.45) is 1.63. The number of hydrogen-bond acceptors (Lipinski definition) is 5. The van der Waals surface area contributed by atoms with Gasteiger partial charge in [0.1, 0.15) is 15.5 Å². The van der Waals surface area contributed by atoms with E-state index >= 15 is 0 Å². The van der Waals surface area contributed by atoms with Crippen LogP contribution in [0.3, 0.4) is 0 Å².